The van der Waals surface area contributed by atoms with E-state index in [0.717, 1.165) is 0 Å². The molecule has 3 amide bonds. The Labute approximate surface area is 239 Å². The summed E-state index contributed by atoms with van der Waals surface area (Å²) >= 11 is 0. The summed E-state index contributed by atoms with van der Waals surface area (Å²) in [6.45, 7) is 3.48. The molecule has 2 aromatic heterocycles. The molecule has 0 saturated carbocycles. The van der Waals surface area contributed by atoms with E-state index in [1.165, 1.54) is 19.8 Å². The monoisotopic (exact) mass is 573 g/mol. The van der Waals surface area contributed by atoms with Crippen LogP contribution in [0.5, 0.6) is 0 Å². The lowest BCUT2D eigenvalue weighted by Gasteiger charge is -2.24. The number of hydrogen-bond acceptors (Lipinski definition) is 10. The number of fused-ring (bicyclic) bond motifs is 2. The average molecular weight is 574 g/mol. The van der Waals surface area contributed by atoms with Crippen molar-refractivity contribution in [1.29, 1.82) is 0 Å². The molecule has 4 atom stereocenters. The van der Waals surface area contributed by atoms with Crippen LogP contribution in [0.2, 0.25) is 0 Å². The van der Waals surface area contributed by atoms with Gasteiger partial charge in [-0.1, -0.05) is 30.3 Å². The van der Waals surface area contributed by atoms with Gasteiger partial charge in [0.05, 0.1) is 24.7 Å². The van der Waals surface area contributed by atoms with E-state index in [4.69, 9.17) is 18.9 Å². The number of aromatic nitrogens is 4. The van der Waals surface area contributed by atoms with E-state index < -0.39 is 48.2 Å². The number of carbonyl (C=O) groups is 3. The second-order valence-corrected chi connectivity index (χ2v) is 10.0. The maximum Gasteiger partial charge on any atom is 0.339 e. The standard InChI is InChI=1S/C28H27N7O7/c1-28(2)41-19-20(24(36)33-17-12-8-7-11-16(17)26(37)39-3)40-25(21(19)42-28)35-14-31-18-22(29-13-30-23(18)35)34-27(38)32-15-9-5-4-6-10-15/h4-14,19-21,25H,1-3H3,(H,33,36)(H2,29,30,32,34,38). The maximum atomic E-state index is 13.5. The molecule has 2 aromatic carbocycles. The summed E-state index contributed by atoms with van der Waals surface area (Å²) in [5, 5.41) is 8.18. The number of anilines is 3. The highest BCUT2D eigenvalue weighted by Crippen LogP contribution is 2.44. The predicted molar refractivity (Wildman–Crippen MR) is 149 cm³/mol. The van der Waals surface area contributed by atoms with E-state index in [1.54, 1.807) is 66.9 Å². The van der Waals surface area contributed by atoms with Gasteiger partial charge in [0, 0.05) is 5.69 Å². The van der Waals surface area contributed by atoms with E-state index >= 15 is 0 Å². The quantitative estimate of drug-likeness (QED) is 0.291. The molecule has 2 aliphatic heterocycles. The third-order valence-electron chi connectivity index (χ3n) is 6.77. The molecule has 2 fully saturated rings. The second kappa shape index (κ2) is 10.8. The summed E-state index contributed by atoms with van der Waals surface area (Å²) in [5.74, 6) is -1.96. The Hall–Kier alpha value is -4.92. The van der Waals surface area contributed by atoms with Crippen molar-refractivity contribution in [2.24, 2.45) is 0 Å². The van der Waals surface area contributed by atoms with Gasteiger partial charge in [0.1, 0.15) is 18.5 Å². The molecule has 216 valence electrons. The second-order valence-electron chi connectivity index (χ2n) is 10.0. The highest BCUT2D eigenvalue weighted by atomic mass is 16.8. The minimum Gasteiger partial charge on any atom is -0.465 e. The summed E-state index contributed by atoms with van der Waals surface area (Å²) in [4.78, 5) is 51.3. The van der Waals surface area contributed by atoms with Crippen molar-refractivity contribution in [1.82, 2.24) is 19.5 Å². The van der Waals surface area contributed by atoms with Gasteiger partial charge in [-0.25, -0.2) is 24.5 Å². The van der Waals surface area contributed by atoms with Crippen LogP contribution in [0.3, 0.4) is 0 Å². The number of hydrogen-bond donors (Lipinski definition) is 3. The van der Waals surface area contributed by atoms with Crippen LogP contribution >= 0.6 is 0 Å². The van der Waals surface area contributed by atoms with Crippen molar-refractivity contribution < 1.29 is 33.3 Å². The Bertz CT molecular complexity index is 1660. The lowest BCUT2D eigenvalue weighted by Crippen LogP contribution is -2.39. The molecule has 0 aliphatic carbocycles. The lowest BCUT2D eigenvalue weighted by molar-refractivity contribution is -0.196. The Morgan fingerprint density at radius 3 is 2.43 bits per heavy atom. The number of amides is 3. The number of benzene rings is 2. The molecule has 14 heteroatoms. The molecule has 0 radical (unpaired) electrons. The Balaban J connectivity index is 1.26. The molecule has 6 rings (SSSR count). The molecule has 14 nitrogen and oxygen atoms in total. The van der Waals surface area contributed by atoms with Crippen molar-refractivity contribution in [3.05, 3.63) is 72.8 Å². The van der Waals surface area contributed by atoms with E-state index in [-0.39, 0.29) is 17.1 Å². The molecule has 2 aliphatic rings. The van der Waals surface area contributed by atoms with Gasteiger partial charge in [-0.3, -0.25) is 14.7 Å². The van der Waals surface area contributed by atoms with E-state index in [0.29, 0.717) is 16.9 Å². The molecule has 0 bridgehead atoms. The third-order valence-corrected chi connectivity index (χ3v) is 6.77. The summed E-state index contributed by atoms with van der Waals surface area (Å²) in [7, 11) is 1.26. The zero-order valence-corrected chi connectivity index (χ0v) is 22.8. The van der Waals surface area contributed by atoms with Crippen molar-refractivity contribution in [3.8, 4) is 0 Å². The first kappa shape index (κ1) is 27.3. The topological polar surface area (TPSA) is 168 Å². The van der Waals surface area contributed by atoms with Crippen molar-refractivity contribution in [2.75, 3.05) is 23.1 Å². The van der Waals surface area contributed by atoms with Gasteiger partial charge in [0.2, 0.25) is 0 Å². The average Bonchev–Trinajstić information content (AvgIpc) is 3.64. The first-order valence-electron chi connectivity index (χ1n) is 13.0. The fraction of sp³-hybridized carbons (Fsp3) is 0.286. The van der Waals surface area contributed by atoms with E-state index in [9.17, 15) is 14.4 Å². The fourth-order valence-electron chi connectivity index (χ4n) is 5.02. The zero-order chi connectivity index (χ0) is 29.4. The number of para-hydroxylation sites is 2. The van der Waals surface area contributed by atoms with Crippen LogP contribution in [-0.4, -0.2) is 68.6 Å². The Kier molecular flexibility index (Phi) is 7.02. The van der Waals surface area contributed by atoms with Crippen LogP contribution in [0.4, 0.5) is 22.0 Å². The molecule has 42 heavy (non-hydrogen) atoms. The largest absolute Gasteiger partial charge is 0.465 e. The summed E-state index contributed by atoms with van der Waals surface area (Å²) in [6, 6.07) is 14.9. The first-order valence-corrected chi connectivity index (χ1v) is 13.0. The van der Waals surface area contributed by atoms with Crippen LogP contribution < -0.4 is 16.0 Å². The van der Waals surface area contributed by atoms with Crippen LogP contribution in [-0.2, 0) is 23.7 Å². The summed E-state index contributed by atoms with van der Waals surface area (Å²) in [5.41, 5.74) is 1.71. The minimum absolute atomic E-state index is 0.180. The van der Waals surface area contributed by atoms with Gasteiger partial charge in [-0.2, -0.15) is 0 Å². The van der Waals surface area contributed by atoms with E-state index in [1.807, 2.05) is 6.07 Å². The number of esters is 1. The van der Waals surface area contributed by atoms with Gasteiger partial charge in [-0.15, -0.1) is 0 Å². The molecule has 3 N–H and O–H groups in total. The summed E-state index contributed by atoms with van der Waals surface area (Å²) < 4.78 is 24.9. The smallest absolute Gasteiger partial charge is 0.339 e. The maximum absolute atomic E-state index is 13.5. The molecule has 4 aromatic rings. The van der Waals surface area contributed by atoms with Crippen molar-refractivity contribution >= 4 is 46.3 Å². The molecular formula is C28H27N7O7. The zero-order valence-electron chi connectivity index (χ0n) is 22.8. The van der Waals surface area contributed by atoms with Gasteiger partial charge >= 0.3 is 12.0 Å². The number of imidazole rings is 1. The number of urea groups is 1. The number of nitrogens with one attached hydrogen (secondary N) is 3. The normalized spacial score (nSPS) is 22.4. The number of methoxy groups -OCH3 is 1. The SMILES string of the molecule is COC(=O)c1ccccc1NC(=O)C1OC(n2cnc3c(NC(=O)Nc4ccccc4)ncnc32)C2OC(C)(C)OC12. The molecule has 4 heterocycles. The Morgan fingerprint density at radius 2 is 1.64 bits per heavy atom. The lowest BCUT2D eigenvalue weighted by atomic mass is 10.1. The number of carbonyl (C=O) groups excluding carboxylic acids is 3. The fourth-order valence-corrected chi connectivity index (χ4v) is 5.02. The molecule has 0 spiro atoms. The minimum atomic E-state index is -1.11. The summed E-state index contributed by atoms with van der Waals surface area (Å²) in [6.07, 6.45) is -0.714. The molecule has 2 saturated heterocycles. The van der Waals surface area contributed by atoms with Gasteiger partial charge in [0.25, 0.3) is 5.91 Å². The van der Waals surface area contributed by atoms with Gasteiger partial charge in [-0.05, 0) is 38.1 Å². The van der Waals surface area contributed by atoms with Crippen molar-refractivity contribution in [2.45, 2.75) is 44.2 Å². The Morgan fingerprint density at radius 1 is 0.905 bits per heavy atom. The molecular weight excluding hydrogens is 546 g/mol. The number of nitrogens with zero attached hydrogens (tertiary/aromatic N) is 4. The first-order chi connectivity index (χ1) is 20.2. The van der Waals surface area contributed by atoms with Gasteiger partial charge < -0.3 is 29.6 Å². The van der Waals surface area contributed by atoms with Crippen LogP contribution in [0, 0.1) is 0 Å². The van der Waals surface area contributed by atoms with Crippen LogP contribution in [0.1, 0.15) is 30.4 Å². The third kappa shape index (κ3) is 5.13. The highest BCUT2D eigenvalue weighted by Gasteiger charge is 2.58. The van der Waals surface area contributed by atoms with Crippen LogP contribution in [0.15, 0.2) is 67.3 Å². The predicted octanol–water partition coefficient (Wildman–Crippen LogP) is 3.31. The number of ether oxygens (including phenoxy) is 4. The highest BCUT2D eigenvalue weighted by molar-refractivity contribution is 6.03. The molecule has 4 unspecified atom stereocenters. The van der Waals surface area contributed by atoms with Crippen LogP contribution in [0.25, 0.3) is 11.2 Å². The van der Waals surface area contributed by atoms with Gasteiger partial charge in [0.15, 0.2) is 35.1 Å². The number of rotatable bonds is 6. The van der Waals surface area contributed by atoms with E-state index in [2.05, 4.69) is 30.9 Å². The van der Waals surface area contributed by atoms with Crippen molar-refractivity contribution in [3.63, 3.8) is 0 Å².